The molecule has 3 N–H and O–H groups in total. The van der Waals surface area contributed by atoms with Gasteiger partial charge in [0, 0.05) is 11.3 Å². The lowest BCUT2D eigenvalue weighted by Gasteiger charge is -2.02. The van der Waals surface area contributed by atoms with Crippen molar-refractivity contribution in [3.63, 3.8) is 0 Å². The summed E-state index contributed by atoms with van der Waals surface area (Å²) in [5.74, 6) is 5.58. The molecule has 0 radical (unpaired) electrons. The molecule has 1 rings (SSSR count). The average Bonchev–Trinajstić information content (AvgIpc) is 2.20. The summed E-state index contributed by atoms with van der Waals surface area (Å²) >= 11 is 4.70. The number of hydrogen-bond donors (Lipinski definition) is 2. The van der Waals surface area contributed by atoms with E-state index in [2.05, 4.69) is 17.2 Å². The molecule has 0 saturated heterocycles. The molecule has 0 aliphatic heterocycles. The van der Waals surface area contributed by atoms with Crippen LogP contribution in [-0.4, -0.2) is 11.4 Å². The Hall–Kier alpha value is -1.86. The molecule has 0 aliphatic rings. The van der Waals surface area contributed by atoms with Crippen molar-refractivity contribution in [2.75, 3.05) is 5.32 Å². The predicted molar refractivity (Wildman–Crippen MR) is 64.4 cm³/mol. The van der Waals surface area contributed by atoms with E-state index in [-0.39, 0.29) is 11.5 Å². The first-order valence-corrected chi connectivity index (χ1v) is 4.72. The third-order valence-electron chi connectivity index (χ3n) is 1.57. The maximum absolute atomic E-state index is 10.0. The third kappa shape index (κ3) is 4.25. The predicted octanol–water partition coefficient (Wildman–Crippen LogP) is 1.28. The van der Waals surface area contributed by atoms with Gasteiger partial charge in [-0.15, -0.1) is 0 Å². The average molecular weight is 218 g/mol. The molecule has 0 aliphatic carbocycles. The molecule has 0 atom stereocenters. The van der Waals surface area contributed by atoms with E-state index >= 15 is 0 Å². The number of anilines is 1. The molecule has 1 aromatic rings. The van der Waals surface area contributed by atoms with Crippen LogP contribution in [0.2, 0.25) is 0 Å². The van der Waals surface area contributed by atoms with Crippen molar-refractivity contribution in [1.82, 2.24) is 0 Å². The monoisotopic (exact) mass is 218 g/mol. The van der Waals surface area contributed by atoms with Crippen LogP contribution in [-0.2, 0) is 4.79 Å². The molecule has 15 heavy (non-hydrogen) atoms. The van der Waals surface area contributed by atoms with Gasteiger partial charge in [0.25, 0.3) is 0 Å². The highest BCUT2D eigenvalue weighted by atomic mass is 32.1. The van der Waals surface area contributed by atoms with Crippen molar-refractivity contribution >= 4 is 29.3 Å². The number of carbonyl (C=O) groups is 1. The van der Waals surface area contributed by atoms with Crippen LogP contribution in [0.1, 0.15) is 12.0 Å². The molecule has 0 heterocycles. The summed E-state index contributed by atoms with van der Waals surface area (Å²) in [6.45, 7) is 0. The van der Waals surface area contributed by atoms with Crippen LogP contribution in [0.3, 0.4) is 0 Å². The topological polar surface area (TPSA) is 55.1 Å². The number of hydrogen-bond acceptors (Lipinski definition) is 2. The van der Waals surface area contributed by atoms with Crippen LogP contribution in [0.15, 0.2) is 24.3 Å². The van der Waals surface area contributed by atoms with Crippen molar-refractivity contribution < 1.29 is 4.79 Å². The number of benzene rings is 1. The molecule has 0 unspecified atom stereocenters. The van der Waals surface area contributed by atoms with Gasteiger partial charge < -0.3 is 15.8 Å². The van der Waals surface area contributed by atoms with Gasteiger partial charge >= 0.3 is 0 Å². The van der Waals surface area contributed by atoms with Gasteiger partial charge in [0.15, 0.2) is 5.11 Å². The number of rotatable bonds is 2. The Bertz CT molecular complexity index is 414. The smallest absolute Gasteiger partial charge is 0.168 e. The molecule has 4 heteroatoms. The second-order valence-corrected chi connectivity index (χ2v) is 3.18. The van der Waals surface area contributed by atoms with Gasteiger partial charge in [0.2, 0.25) is 0 Å². The van der Waals surface area contributed by atoms with E-state index in [4.69, 9.17) is 18.0 Å². The van der Waals surface area contributed by atoms with Crippen LogP contribution >= 0.6 is 12.2 Å². The van der Waals surface area contributed by atoms with E-state index in [1.165, 1.54) is 0 Å². The van der Waals surface area contributed by atoms with Crippen LogP contribution in [0.25, 0.3) is 0 Å². The van der Waals surface area contributed by atoms with E-state index in [0.717, 1.165) is 17.5 Å². The maximum atomic E-state index is 10.0. The SMILES string of the molecule is NC(=S)Nc1ccc(C#CCC=O)cc1. The minimum Gasteiger partial charge on any atom is -0.376 e. The highest BCUT2D eigenvalue weighted by Gasteiger charge is 1.92. The Kier molecular flexibility index (Phi) is 4.32. The summed E-state index contributed by atoms with van der Waals surface area (Å²) in [6, 6.07) is 7.31. The third-order valence-corrected chi connectivity index (χ3v) is 1.67. The van der Waals surface area contributed by atoms with Crippen LogP contribution in [0.4, 0.5) is 5.69 Å². The van der Waals surface area contributed by atoms with Crippen LogP contribution in [0, 0.1) is 11.8 Å². The molecular formula is C11H10N2OS. The van der Waals surface area contributed by atoms with E-state index in [0.29, 0.717) is 0 Å². The minimum atomic E-state index is 0.231. The van der Waals surface area contributed by atoms with Crippen LogP contribution < -0.4 is 11.1 Å². The largest absolute Gasteiger partial charge is 0.376 e. The van der Waals surface area contributed by atoms with E-state index in [9.17, 15) is 4.79 Å². The maximum Gasteiger partial charge on any atom is 0.168 e. The standard InChI is InChI=1S/C11H10N2OS/c12-11(15)13-10-6-4-9(5-7-10)3-1-2-8-14/h4-8H,2H2,(H3,12,13,15). The first-order chi connectivity index (χ1) is 7.22. The molecule has 1 aromatic carbocycles. The number of carbonyl (C=O) groups excluding carboxylic acids is 1. The molecule has 0 saturated carbocycles. The second-order valence-electron chi connectivity index (χ2n) is 2.74. The van der Waals surface area contributed by atoms with Gasteiger partial charge in [-0.1, -0.05) is 11.8 Å². The zero-order valence-corrected chi connectivity index (χ0v) is 8.80. The Morgan fingerprint density at radius 2 is 2.13 bits per heavy atom. The van der Waals surface area contributed by atoms with Crippen LogP contribution in [0.5, 0.6) is 0 Å². The van der Waals surface area contributed by atoms with Gasteiger partial charge in [0.05, 0.1) is 6.42 Å². The van der Waals surface area contributed by atoms with Gasteiger partial charge in [-0.25, -0.2) is 0 Å². The zero-order valence-electron chi connectivity index (χ0n) is 7.99. The highest BCUT2D eigenvalue weighted by molar-refractivity contribution is 7.80. The zero-order chi connectivity index (χ0) is 11.1. The fraction of sp³-hybridized carbons (Fsp3) is 0.0909. The number of aldehydes is 1. The van der Waals surface area contributed by atoms with E-state index in [1.807, 2.05) is 24.3 Å². The Labute approximate surface area is 93.7 Å². The fourth-order valence-corrected chi connectivity index (χ4v) is 1.09. The Morgan fingerprint density at radius 3 is 2.67 bits per heavy atom. The quantitative estimate of drug-likeness (QED) is 0.446. The van der Waals surface area contributed by atoms with Crippen molar-refractivity contribution in [3.8, 4) is 11.8 Å². The summed E-state index contributed by atoms with van der Waals surface area (Å²) in [5.41, 5.74) is 6.99. The van der Waals surface area contributed by atoms with E-state index in [1.54, 1.807) is 0 Å². The number of thiocarbonyl (C=S) groups is 1. The molecule has 76 valence electrons. The van der Waals surface area contributed by atoms with Gasteiger partial charge in [-0.05, 0) is 36.5 Å². The molecule has 0 amide bonds. The number of nitrogens with one attached hydrogen (secondary N) is 1. The van der Waals surface area contributed by atoms with Crippen molar-refractivity contribution in [1.29, 1.82) is 0 Å². The highest BCUT2D eigenvalue weighted by Crippen LogP contribution is 2.08. The number of nitrogens with two attached hydrogens (primary N) is 1. The normalized spacial score (nSPS) is 8.53. The summed E-state index contributed by atoms with van der Waals surface area (Å²) < 4.78 is 0. The molecule has 0 fully saturated rings. The lowest BCUT2D eigenvalue weighted by atomic mass is 10.2. The van der Waals surface area contributed by atoms with E-state index < -0.39 is 0 Å². The minimum absolute atomic E-state index is 0.231. The summed E-state index contributed by atoms with van der Waals surface area (Å²) in [7, 11) is 0. The molecule has 0 aromatic heterocycles. The summed E-state index contributed by atoms with van der Waals surface area (Å²) in [4.78, 5) is 10.0. The van der Waals surface area contributed by atoms with Gasteiger partial charge in [0.1, 0.15) is 6.29 Å². The Morgan fingerprint density at radius 1 is 1.47 bits per heavy atom. The molecule has 3 nitrogen and oxygen atoms in total. The van der Waals surface area contributed by atoms with Gasteiger partial charge in [-0.3, -0.25) is 0 Å². The van der Waals surface area contributed by atoms with Gasteiger partial charge in [-0.2, -0.15) is 0 Å². The second kappa shape index (κ2) is 5.78. The first-order valence-electron chi connectivity index (χ1n) is 4.31. The van der Waals surface area contributed by atoms with Crippen molar-refractivity contribution in [2.45, 2.75) is 6.42 Å². The summed E-state index contributed by atoms with van der Waals surface area (Å²) in [6.07, 6.45) is 1.03. The molecule has 0 spiro atoms. The van der Waals surface area contributed by atoms with Crippen molar-refractivity contribution in [3.05, 3.63) is 29.8 Å². The lowest BCUT2D eigenvalue weighted by molar-refractivity contribution is -0.107. The lowest BCUT2D eigenvalue weighted by Crippen LogP contribution is -2.18. The Balaban J connectivity index is 2.69. The first kappa shape index (κ1) is 11.2. The summed E-state index contributed by atoms with van der Waals surface area (Å²) in [5, 5.41) is 3.04. The van der Waals surface area contributed by atoms with Crippen molar-refractivity contribution in [2.24, 2.45) is 5.73 Å². The fourth-order valence-electron chi connectivity index (χ4n) is 0.974. The molecule has 0 bridgehead atoms. The molecular weight excluding hydrogens is 208 g/mol.